The van der Waals surface area contributed by atoms with Crippen molar-refractivity contribution < 1.29 is 19.4 Å². The molecule has 1 fully saturated rings. The van der Waals surface area contributed by atoms with Gasteiger partial charge in [-0.05, 0) is 95.7 Å². The lowest BCUT2D eigenvalue weighted by Gasteiger charge is -2.49. The van der Waals surface area contributed by atoms with Crippen LogP contribution in [0.4, 0.5) is 11.4 Å². The third kappa shape index (κ3) is 3.08. The molecular weight excluding hydrogens is 504 g/mol. The summed E-state index contributed by atoms with van der Waals surface area (Å²) in [6.07, 6.45) is 7.88. The molecule has 0 saturated carbocycles. The van der Waals surface area contributed by atoms with E-state index in [-0.39, 0.29) is 5.56 Å². The number of carboxylic acid groups (broad SMARTS) is 1. The van der Waals surface area contributed by atoms with Crippen LogP contribution in [0.1, 0.15) is 80.6 Å². The van der Waals surface area contributed by atoms with Crippen LogP contribution in [-0.2, 0) is 23.2 Å². The van der Waals surface area contributed by atoms with E-state index in [0.29, 0.717) is 5.56 Å². The van der Waals surface area contributed by atoms with Crippen LogP contribution in [0.2, 0.25) is 12.1 Å². The average Bonchev–Trinajstić information content (AvgIpc) is 3.27. The third-order valence-electron chi connectivity index (χ3n) is 9.97. The molecule has 0 radical (unpaired) electrons. The zero-order valence-corrected chi connectivity index (χ0v) is 23.0. The summed E-state index contributed by atoms with van der Waals surface area (Å²) in [6.45, 7) is 1.96. The van der Waals surface area contributed by atoms with Crippen molar-refractivity contribution in [1.82, 2.24) is 0 Å². The van der Waals surface area contributed by atoms with Crippen molar-refractivity contribution in [2.24, 2.45) is 0 Å². The van der Waals surface area contributed by atoms with Gasteiger partial charge in [0, 0.05) is 41.2 Å². The largest absolute Gasteiger partial charge is 0.478 e. The summed E-state index contributed by atoms with van der Waals surface area (Å²) < 4.78 is 6.61. The highest BCUT2D eigenvalue weighted by molar-refractivity contribution is 7.03. The van der Waals surface area contributed by atoms with Crippen molar-refractivity contribution >= 4 is 41.8 Å². The number of carbonyl (C=O) groups excluding carboxylic acids is 1. The van der Waals surface area contributed by atoms with Gasteiger partial charge in [0.1, 0.15) is 8.07 Å². The van der Waals surface area contributed by atoms with Crippen LogP contribution in [0.5, 0.6) is 0 Å². The predicted octanol–water partition coefficient (Wildman–Crippen LogP) is 4.62. The van der Waals surface area contributed by atoms with Crippen LogP contribution >= 0.6 is 0 Å². The van der Waals surface area contributed by atoms with E-state index in [0.717, 1.165) is 55.5 Å². The number of fused-ring (bicyclic) bond motifs is 10. The average molecular weight is 537 g/mol. The number of carboxylic acids is 1. The molecule has 198 valence electrons. The molecule has 7 heteroatoms. The second-order valence-corrected chi connectivity index (χ2v) is 16.2. The minimum atomic E-state index is -2.16. The van der Waals surface area contributed by atoms with Gasteiger partial charge in [-0.2, -0.15) is 0 Å². The fourth-order valence-electron chi connectivity index (χ4n) is 8.20. The molecule has 8 rings (SSSR count). The summed E-state index contributed by atoms with van der Waals surface area (Å²) in [5.74, 6) is -1.47. The van der Waals surface area contributed by atoms with Crippen LogP contribution in [-0.4, -0.2) is 38.2 Å². The van der Waals surface area contributed by atoms with Crippen molar-refractivity contribution in [2.75, 3.05) is 23.7 Å². The number of esters is 1. The molecule has 0 bridgehead atoms. The summed E-state index contributed by atoms with van der Waals surface area (Å²) in [6, 6.07) is 16.9. The lowest BCUT2D eigenvalue weighted by molar-refractivity contribution is 0.0254. The molecule has 0 aromatic heterocycles. The highest BCUT2D eigenvalue weighted by atomic mass is 28.3. The van der Waals surface area contributed by atoms with Gasteiger partial charge in [-0.25, -0.2) is 9.59 Å². The second kappa shape index (κ2) is 8.21. The van der Waals surface area contributed by atoms with E-state index in [2.05, 4.69) is 34.9 Å². The standard InChI is InChI=1S/C32H32N2O4Si/c35-30(36)21-8-9-23-22(14-21)31(37)38-32(23)24-15-19-6-4-10-33-26(19)17-28(24)39(12-2-1-3-13-39)29-18-27-20(16-25(29)32)7-5-11-34-27/h8-9,14-18,33-34H,1-7,10-13H2,(H,35,36). The Labute approximate surface area is 228 Å². The number of hydrogen-bond acceptors (Lipinski definition) is 5. The first-order valence-electron chi connectivity index (χ1n) is 14.5. The Balaban J connectivity index is 1.50. The summed E-state index contributed by atoms with van der Waals surface area (Å²) in [5.41, 5.74) is 7.52. The maximum Gasteiger partial charge on any atom is 0.340 e. The van der Waals surface area contributed by atoms with Gasteiger partial charge in [-0.3, -0.25) is 0 Å². The zero-order valence-electron chi connectivity index (χ0n) is 22.0. The summed E-state index contributed by atoms with van der Waals surface area (Å²) >= 11 is 0. The first-order chi connectivity index (χ1) is 19.0. The van der Waals surface area contributed by atoms with Gasteiger partial charge in [-0.1, -0.05) is 25.3 Å². The Hall–Kier alpha value is -3.58. The van der Waals surface area contributed by atoms with Crippen LogP contribution in [0.3, 0.4) is 0 Å². The highest BCUT2D eigenvalue weighted by Crippen LogP contribution is 2.52. The van der Waals surface area contributed by atoms with Gasteiger partial charge >= 0.3 is 11.9 Å². The molecule has 3 aromatic rings. The SMILES string of the molecule is O=C(O)c1ccc2c(c1)C(=O)OC21c2cc3c(cc2[Si]2(CCCCC2)c2cc4c(cc21)CCCN4)NCCC3. The molecule has 3 N–H and O–H groups in total. The van der Waals surface area contributed by atoms with Gasteiger partial charge < -0.3 is 20.5 Å². The molecule has 6 nitrogen and oxygen atoms in total. The molecule has 39 heavy (non-hydrogen) atoms. The number of aryl methyl sites for hydroxylation is 2. The fraction of sp³-hybridized carbons (Fsp3) is 0.375. The fourth-order valence-corrected chi connectivity index (χ4v) is 13.9. The number of carbonyl (C=O) groups is 2. The van der Waals surface area contributed by atoms with Crippen LogP contribution < -0.4 is 21.0 Å². The Morgan fingerprint density at radius 3 is 2.00 bits per heavy atom. The molecule has 3 aromatic carbocycles. The summed E-state index contributed by atoms with van der Waals surface area (Å²) in [7, 11) is -2.16. The monoisotopic (exact) mass is 536 g/mol. The molecule has 0 aliphatic carbocycles. The van der Waals surface area contributed by atoms with Crippen molar-refractivity contribution in [3.8, 4) is 0 Å². The minimum absolute atomic E-state index is 0.112. The number of benzene rings is 3. The molecule has 2 spiro atoms. The van der Waals surface area contributed by atoms with Gasteiger partial charge in [0.05, 0.1) is 11.1 Å². The van der Waals surface area contributed by atoms with E-state index < -0.39 is 25.6 Å². The summed E-state index contributed by atoms with van der Waals surface area (Å²) in [5, 5.41) is 19.8. The van der Waals surface area contributed by atoms with Crippen molar-refractivity contribution in [3.05, 3.63) is 81.4 Å². The van der Waals surface area contributed by atoms with Crippen molar-refractivity contribution in [1.29, 1.82) is 0 Å². The smallest absolute Gasteiger partial charge is 0.340 e. The molecular formula is C32H32N2O4Si. The lowest BCUT2D eigenvalue weighted by atomic mass is 9.77. The number of nitrogens with one attached hydrogen (secondary N) is 2. The van der Waals surface area contributed by atoms with Crippen molar-refractivity contribution in [3.63, 3.8) is 0 Å². The molecule has 0 amide bonds. The van der Waals surface area contributed by atoms with E-state index in [1.165, 1.54) is 70.3 Å². The number of anilines is 2. The lowest BCUT2D eigenvalue weighted by Crippen LogP contribution is -2.67. The molecule has 5 aliphatic rings. The zero-order chi connectivity index (χ0) is 26.4. The van der Waals surface area contributed by atoms with E-state index in [1.54, 1.807) is 6.07 Å². The van der Waals surface area contributed by atoms with Gasteiger partial charge in [0.2, 0.25) is 0 Å². The molecule has 5 aliphatic heterocycles. The number of aromatic carboxylic acids is 1. The van der Waals surface area contributed by atoms with Crippen molar-refractivity contribution in [2.45, 2.75) is 62.6 Å². The maximum atomic E-state index is 13.7. The van der Waals surface area contributed by atoms with E-state index >= 15 is 0 Å². The molecule has 0 atom stereocenters. The quantitative estimate of drug-likeness (QED) is 0.311. The number of ether oxygens (including phenoxy) is 1. The van der Waals surface area contributed by atoms with E-state index in [1.807, 2.05) is 6.07 Å². The Morgan fingerprint density at radius 2 is 1.41 bits per heavy atom. The first-order valence-corrected chi connectivity index (χ1v) is 16.9. The van der Waals surface area contributed by atoms with Crippen LogP contribution in [0, 0.1) is 0 Å². The molecule has 0 unspecified atom stereocenters. The van der Waals surface area contributed by atoms with Crippen LogP contribution in [0.15, 0.2) is 42.5 Å². The molecule has 1 saturated heterocycles. The third-order valence-corrected chi connectivity index (χ3v) is 15.3. The van der Waals surface area contributed by atoms with Gasteiger partial charge in [0.15, 0.2) is 5.60 Å². The van der Waals surface area contributed by atoms with E-state index in [9.17, 15) is 14.7 Å². The predicted molar refractivity (Wildman–Crippen MR) is 154 cm³/mol. The highest BCUT2D eigenvalue weighted by Gasteiger charge is 2.59. The van der Waals surface area contributed by atoms with Gasteiger partial charge in [0.25, 0.3) is 0 Å². The first kappa shape index (κ1) is 23.3. The van der Waals surface area contributed by atoms with Crippen LogP contribution in [0.25, 0.3) is 0 Å². The second-order valence-electron chi connectivity index (χ2n) is 11.9. The normalized spacial score (nSPS) is 21.0. The number of hydrogen-bond donors (Lipinski definition) is 3. The minimum Gasteiger partial charge on any atom is -0.478 e. The number of rotatable bonds is 1. The molecule has 5 heterocycles. The summed E-state index contributed by atoms with van der Waals surface area (Å²) in [4.78, 5) is 25.5. The Morgan fingerprint density at radius 1 is 0.795 bits per heavy atom. The van der Waals surface area contributed by atoms with E-state index in [4.69, 9.17) is 4.74 Å². The Kier molecular flexibility index (Phi) is 4.91. The maximum absolute atomic E-state index is 13.7. The topological polar surface area (TPSA) is 87.7 Å². The Bertz CT molecular complexity index is 1520. The van der Waals surface area contributed by atoms with Gasteiger partial charge in [-0.15, -0.1) is 0 Å².